The fourth-order valence-corrected chi connectivity index (χ4v) is 1.79. The van der Waals surface area contributed by atoms with Crippen LogP contribution in [-0.2, 0) is 9.47 Å². The van der Waals surface area contributed by atoms with Crippen molar-refractivity contribution in [2.45, 2.75) is 30.6 Å². The van der Waals surface area contributed by atoms with E-state index in [2.05, 4.69) is 5.32 Å². The zero-order chi connectivity index (χ0) is 6.72. The van der Waals surface area contributed by atoms with E-state index < -0.39 is 6.10 Å². The lowest BCUT2D eigenvalue weighted by molar-refractivity contribution is -0.142. The van der Waals surface area contributed by atoms with Crippen LogP contribution in [0.3, 0.4) is 0 Å². The van der Waals surface area contributed by atoms with Crippen molar-refractivity contribution in [3.63, 3.8) is 0 Å². The fraction of sp³-hybridized carbons (Fsp3) is 1.00. The summed E-state index contributed by atoms with van der Waals surface area (Å²) in [5.41, 5.74) is 0. The molecule has 4 heteroatoms. The van der Waals surface area contributed by atoms with Gasteiger partial charge in [-0.1, -0.05) is 0 Å². The summed E-state index contributed by atoms with van der Waals surface area (Å²) in [7, 11) is 0. The second kappa shape index (κ2) is 1.53. The molecule has 2 N–H and O–H groups in total. The van der Waals surface area contributed by atoms with Gasteiger partial charge in [-0.25, -0.2) is 0 Å². The van der Waals surface area contributed by atoms with E-state index in [1.807, 2.05) is 0 Å². The van der Waals surface area contributed by atoms with Crippen LogP contribution in [0.5, 0.6) is 0 Å². The predicted molar refractivity (Wildman–Crippen MR) is 31.3 cm³/mol. The molecule has 56 valence electrons. The zero-order valence-corrected chi connectivity index (χ0v) is 5.36. The molecule has 2 bridgehead atoms. The van der Waals surface area contributed by atoms with Crippen molar-refractivity contribution in [3.8, 4) is 0 Å². The molecule has 0 spiro atoms. The third-order valence-corrected chi connectivity index (χ3v) is 2.44. The van der Waals surface area contributed by atoms with Crippen molar-refractivity contribution in [2.24, 2.45) is 0 Å². The fourth-order valence-electron chi connectivity index (χ4n) is 1.79. The monoisotopic (exact) mass is 143 g/mol. The number of fused-ring (bicyclic) bond motifs is 4. The third-order valence-electron chi connectivity index (χ3n) is 2.44. The molecule has 0 aliphatic carbocycles. The minimum absolute atomic E-state index is 0.193. The number of ether oxygens (including phenoxy) is 2. The highest BCUT2D eigenvalue weighted by Crippen LogP contribution is 2.35. The molecule has 0 aromatic heterocycles. The van der Waals surface area contributed by atoms with E-state index in [0.717, 1.165) is 0 Å². The topological polar surface area (TPSA) is 60.6 Å². The van der Waals surface area contributed by atoms with Gasteiger partial charge in [-0.15, -0.1) is 0 Å². The molecule has 0 unspecified atom stereocenters. The second-order valence-electron chi connectivity index (χ2n) is 3.09. The molecule has 5 atom stereocenters. The van der Waals surface area contributed by atoms with Gasteiger partial charge in [-0.2, -0.15) is 0 Å². The Labute approximate surface area is 58.1 Å². The molecular formula is C6H9NO3. The van der Waals surface area contributed by atoms with Gasteiger partial charge in [0.15, 0.2) is 6.29 Å². The summed E-state index contributed by atoms with van der Waals surface area (Å²) in [4.78, 5) is 0. The second-order valence-corrected chi connectivity index (χ2v) is 3.09. The number of rotatable bonds is 0. The summed E-state index contributed by atoms with van der Waals surface area (Å²) in [5.74, 6) is 0. The molecule has 3 fully saturated rings. The highest BCUT2D eigenvalue weighted by atomic mass is 16.7. The zero-order valence-electron chi connectivity index (χ0n) is 5.36. The summed E-state index contributed by atoms with van der Waals surface area (Å²) in [6.07, 6.45) is -0.622. The summed E-state index contributed by atoms with van der Waals surface area (Å²) < 4.78 is 10.5. The number of nitrogens with one attached hydrogen (secondary N) is 1. The Bertz CT molecular complexity index is 172. The van der Waals surface area contributed by atoms with E-state index >= 15 is 0 Å². The highest BCUT2D eigenvalue weighted by molar-refractivity contribution is 5.12. The number of hydrogen-bond donors (Lipinski definition) is 2. The van der Waals surface area contributed by atoms with Crippen molar-refractivity contribution in [2.75, 3.05) is 6.61 Å². The maximum absolute atomic E-state index is 9.39. The first-order chi connectivity index (χ1) is 4.86. The molecule has 3 heterocycles. The van der Waals surface area contributed by atoms with Crippen molar-refractivity contribution < 1.29 is 14.6 Å². The highest BCUT2D eigenvalue weighted by Gasteiger charge is 2.58. The van der Waals surface area contributed by atoms with Gasteiger partial charge < -0.3 is 19.9 Å². The molecule has 10 heavy (non-hydrogen) atoms. The molecule has 0 aromatic carbocycles. The molecule has 3 aliphatic rings. The largest absolute Gasteiger partial charge is 0.386 e. The van der Waals surface area contributed by atoms with Gasteiger partial charge in [0.2, 0.25) is 0 Å². The van der Waals surface area contributed by atoms with Gasteiger partial charge in [0, 0.05) is 0 Å². The van der Waals surface area contributed by atoms with Gasteiger partial charge in [0.05, 0.1) is 18.7 Å². The van der Waals surface area contributed by atoms with Crippen molar-refractivity contribution in [3.05, 3.63) is 0 Å². The van der Waals surface area contributed by atoms with E-state index in [1.54, 1.807) is 0 Å². The smallest absolute Gasteiger partial charge is 0.185 e. The van der Waals surface area contributed by atoms with Crippen LogP contribution >= 0.6 is 0 Å². The third kappa shape index (κ3) is 0.509. The van der Waals surface area contributed by atoms with E-state index in [9.17, 15) is 5.11 Å². The number of hydrogen-bond acceptors (Lipinski definition) is 4. The summed E-state index contributed by atoms with van der Waals surface area (Å²) in [6.45, 7) is 0.635. The molecular weight excluding hydrogens is 134 g/mol. The van der Waals surface area contributed by atoms with Gasteiger partial charge in [-0.05, 0) is 0 Å². The average Bonchev–Trinajstić information content (AvgIpc) is 2.61. The first kappa shape index (κ1) is 5.49. The van der Waals surface area contributed by atoms with Gasteiger partial charge >= 0.3 is 0 Å². The molecule has 4 nitrogen and oxygen atoms in total. The molecule has 0 amide bonds. The molecule has 3 saturated heterocycles. The SMILES string of the molecule is O[C@H]1[C@@H]2OC[C@@H](O2)[C@@H]2N[C@H]12. The lowest BCUT2D eigenvalue weighted by Crippen LogP contribution is -2.39. The predicted octanol–water partition coefficient (Wildman–Crippen LogP) is -1.56. The van der Waals surface area contributed by atoms with Crippen LogP contribution < -0.4 is 5.32 Å². The standard InChI is InChI=1S/C6H9NO3/c8-5-4-3(7-4)2-1-9-6(5)10-2/h2-8H,1H2/t2-,3+,4+,5-,6-/m1/s1. The van der Waals surface area contributed by atoms with E-state index in [0.29, 0.717) is 12.6 Å². The van der Waals surface area contributed by atoms with Crippen LogP contribution in [0.1, 0.15) is 0 Å². The first-order valence-corrected chi connectivity index (χ1v) is 3.57. The Hall–Kier alpha value is -0.160. The number of aliphatic hydroxyl groups is 1. The Balaban J connectivity index is 1.91. The minimum atomic E-state index is -0.455. The van der Waals surface area contributed by atoms with Crippen LogP contribution in [0.25, 0.3) is 0 Å². The Morgan fingerprint density at radius 1 is 1.40 bits per heavy atom. The molecule has 0 aromatic rings. The van der Waals surface area contributed by atoms with E-state index in [1.165, 1.54) is 0 Å². The first-order valence-electron chi connectivity index (χ1n) is 3.57. The molecule has 0 saturated carbocycles. The maximum Gasteiger partial charge on any atom is 0.185 e. The lowest BCUT2D eigenvalue weighted by Gasteiger charge is -2.20. The van der Waals surface area contributed by atoms with E-state index in [4.69, 9.17) is 9.47 Å². The van der Waals surface area contributed by atoms with Crippen molar-refractivity contribution >= 4 is 0 Å². The van der Waals surface area contributed by atoms with Crippen LogP contribution in [0.15, 0.2) is 0 Å². The van der Waals surface area contributed by atoms with Crippen molar-refractivity contribution in [1.29, 1.82) is 0 Å². The molecule has 3 rings (SSSR count). The summed E-state index contributed by atoms with van der Waals surface area (Å²) in [5, 5.41) is 12.6. The normalized spacial score (nSPS) is 63.9. The summed E-state index contributed by atoms with van der Waals surface area (Å²) in [6, 6.07) is 0.597. The Morgan fingerprint density at radius 3 is 3.20 bits per heavy atom. The molecule has 3 aliphatic heterocycles. The average molecular weight is 143 g/mol. The molecule has 0 radical (unpaired) electrons. The van der Waals surface area contributed by atoms with E-state index in [-0.39, 0.29) is 18.4 Å². The lowest BCUT2D eigenvalue weighted by atomic mass is 10.1. The maximum atomic E-state index is 9.39. The number of aliphatic hydroxyl groups excluding tert-OH is 1. The van der Waals surface area contributed by atoms with Gasteiger partial charge in [0.25, 0.3) is 0 Å². The quantitative estimate of drug-likeness (QED) is 0.403. The van der Waals surface area contributed by atoms with Gasteiger partial charge in [0.1, 0.15) is 12.2 Å². The Morgan fingerprint density at radius 2 is 2.30 bits per heavy atom. The van der Waals surface area contributed by atoms with Crippen LogP contribution in [0.2, 0.25) is 0 Å². The van der Waals surface area contributed by atoms with Crippen LogP contribution in [0, 0.1) is 0 Å². The summed E-state index contributed by atoms with van der Waals surface area (Å²) >= 11 is 0. The Kier molecular flexibility index (Phi) is 0.840. The minimum Gasteiger partial charge on any atom is -0.386 e. The van der Waals surface area contributed by atoms with Crippen LogP contribution in [-0.4, -0.2) is 42.3 Å². The van der Waals surface area contributed by atoms with Crippen molar-refractivity contribution in [1.82, 2.24) is 5.32 Å². The van der Waals surface area contributed by atoms with Crippen LogP contribution in [0.4, 0.5) is 0 Å². The van der Waals surface area contributed by atoms with Gasteiger partial charge in [-0.3, -0.25) is 0 Å².